The van der Waals surface area contributed by atoms with Crippen molar-refractivity contribution in [3.63, 3.8) is 0 Å². The van der Waals surface area contributed by atoms with Crippen LogP contribution in [0.25, 0.3) is 10.9 Å². The van der Waals surface area contributed by atoms with Crippen molar-refractivity contribution < 1.29 is 0 Å². The summed E-state index contributed by atoms with van der Waals surface area (Å²) in [5.41, 5.74) is 5.60. The molecule has 2 fully saturated rings. The zero-order chi connectivity index (χ0) is 18.4. The summed E-state index contributed by atoms with van der Waals surface area (Å²) < 4.78 is 4.91. The van der Waals surface area contributed by atoms with Crippen molar-refractivity contribution in [1.29, 1.82) is 0 Å². The minimum absolute atomic E-state index is 0.772. The van der Waals surface area contributed by atoms with Gasteiger partial charge in [-0.3, -0.25) is 4.31 Å². The molecule has 0 N–H and O–H groups in total. The van der Waals surface area contributed by atoms with Gasteiger partial charge in [-0.25, -0.2) is 0 Å². The Morgan fingerprint density at radius 2 is 1.70 bits per heavy atom. The van der Waals surface area contributed by atoms with Crippen LogP contribution in [0.15, 0.2) is 54.7 Å². The molecule has 140 valence electrons. The van der Waals surface area contributed by atoms with Crippen molar-refractivity contribution in [3.8, 4) is 0 Å². The van der Waals surface area contributed by atoms with Gasteiger partial charge in [-0.1, -0.05) is 47.8 Å². The second kappa shape index (κ2) is 7.03. The first-order chi connectivity index (χ1) is 13.2. The van der Waals surface area contributed by atoms with E-state index in [4.69, 9.17) is 0 Å². The molecular weight excluding hydrogens is 348 g/mol. The van der Waals surface area contributed by atoms with E-state index in [2.05, 4.69) is 76.8 Å². The highest BCUT2D eigenvalue weighted by Crippen LogP contribution is 2.47. The number of nitrogens with zero attached hydrogens (tertiary/aromatic N) is 2. The molecule has 1 saturated carbocycles. The molecule has 2 unspecified atom stereocenters. The first-order valence-corrected chi connectivity index (χ1v) is 11.3. The average molecular weight is 377 g/mol. The fraction of sp³-hybridized carbons (Fsp3) is 0.417. The topological polar surface area (TPSA) is 8.17 Å². The van der Waals surface area contributed by atoms with Crippen molar-refractivity contribution in [2.45, 2.75) is 32.2 Å². The van der Waals surface area contributed by atoms with Crippen LogP contribution in [0.5, 0.6) is 0 Å². The molecule has 2 heterocycles. The number of rotatable bonds is 4. The Kier molecular flexibility index (Phi) is 4.53. The van der Waals surface area contributed by atoms with Gasteiger partial charge >= 0.3 is 0 Å². The Morgan fingerprint density at radius 3 is 2.41 bits per heavy atom. The van der Waals surface area contributed by atoms with Gasteiger partial charge in [0.05, 0.1) is 0 Å². The van der Waals surface area contributed by atoms with Gasteiger partial charge in [0.25, 0.3) is 0 Å². The zero-order valence-corrected chi connectivity index (χ0v) is 17.1. The van der Waals surface area contributed by atoms with Crippen LogP contribution >= 0.6 is 11.9 Å². The molecule has 1 aromatic heterocycles. The Morgan fingerprint density at radius 1 is 0.963 bits per heavy atom. The molecule has 5 rings (SSSR count). The van der Waals surface area contributed by atoms with Gasteiger partial charge in [-0.2, -0.15) is 0 Å². The van der Waals surface area contributed by atoms with E-state index in [-0.39, 0.29) is 0 Å². The summed E-state index contributed by atoms with van der Waals surface area (Å²) in [6.07, 6.45) is 7.19. The molecule has 2 nitrogen and oxygen atoms in total. The molecule has 2 aromatic carbocycles. The van der Waals surface area contributed by atoms with Gasteiger partial charge < -0.3 is 4.57 Å². The van der Waals surface area contributed by atoms with E-state index in [9.17, 15) is 0 Å². The fourth-order valence-corrected chi connectivity index (χ4v) is 5.91. The first kappa shape index (κ1) is 17.4. The van der Waals surface area contributed by atoms with Crippen LogP contribution in [-0.2, 0) is 6.54 Å². The summed E-state index contributed by atoms with van der Waals surface area (Å²) in [6.45, 7) is 5.69. The van der Waals surface area contributed by atoms with Crippen LogP contribution in [0.3, 0.4) is 0 Å². The van der Waals surface area contributed by atoms with Gasteiger partial charge in [0, 0.05) is 31.3 Å². The molecule has 0 amide bonds. The molecule has 1 aliphatic carbocycles. The molecular formula is C24H28N2S. The van der Waals surface area contributed by atoms with Crippen molar-refractivity contribution in [2.75, 3.05) is 19.3 Å². The first-order valence-electron chi connectivity index (χ1n) is 10.1. The normalized spacial score (nSPS) is 25.3. The molecule has 0 bridgehead atoms. The lowest BCUT2D eigenvalue weighted by atomic mass is 9.95. The molecule has 0 spiro atoms. The second-order valence-corrected chi connectivity index (χ2v) is 9.35. The Hall–Kier alpha value is -1.71. The predicted molar refractivity (Wildman–Crippen MR) is 116 cm³/mol. The minimum Gasteiger partial charge on any atom is -0.343 e. The number of fused-ring (bicyclic) bond motifs is 2. The number of aryl methyl sites for hydroxylation is 1. The van der Waals surface area contributed by atoms with E-state index in [0.29, 0.717) is 0 Å². The third kappa shape index (κ3) is 3.32. The summed E-state index contributed by atoms with van der Waals surface area (Å²) in [7, 11) is 0. The van der Waals surface area contributed by atoms with Gasteiger partial charge in [-0.15, -0.1) is 0 Å². The highest BCUT2D eigenvalue weighted by atomic mass is 32.2. The SMILES string of the molecule is CSN1CC2CC(c3ccc(Cn4ccc5cc(C)ccc54)cc3)CC2C1. The van der Waals surface area contributed by atoms with Crippen molar-refractivity contribution in [3.05, 3.63) is 71.4 Å². The third-order valence-electron chi connectivity index (χ3n) is 6.71. The highest BCUT2D eigenvalue weighted by Gasteiger charge is 2.40. The van der Waals surface area contributed by atoms with Crippen molar-refractivity contribution in [2.24, 2.45) is 11.8 Å². The van der Waals surface area contributed by atoms with Crippen LogP contribution in [0.2, 0.25) is 0 Å². The largest absolute Gasteiger partial charge is 0.343 e. The van der Waals surface area contributed by atoms with Crippen LogP contribution < -0.4 is 0 Å². The van der Waals surface area contributed by atoms with E-state index < -0.39 is 0 Å². The van der Waals surface area contributed by atoms with Crippen LogP contribution in [0.4, 0.5) is 0 Å². The maximum absolute atomic E-state index is 2.55. The molecule has 3 heteroatoms. The maximum atomic E-state index is 2.55. The Balaban J connectivity index is 1.28. The predicted octanol–water partition coefficient (Wildman–Crippen LogP) is 5.70. The third-order valence-corrected chi connectivity index (χ3v) is 7.52. The quantitative estimate of drug-likeness (QED) is 0.540. The summed E-state index contributed by atoms with van der Waals surface area (Å²) in [5.74, 6) is 2.60. The number of hydrogen-bond acceptors (Lipinski definition) is 2. The van der Waals surface area contributed by atoms with Gasteiger partial charge in [-0.05, 0) is 78.5 Å². The molecule has 0 radical (unpaired) electrons. The maximum Gasteiger partial charge on any atom is 0.0483 e. The van der Waals surface area contributed by atoms with Crippen LogP contribution in [0.1, 0.15) is 35.4 Å². The number of hydrogen-bond donors (Lipinski definition) is 0. The lowest BCUT2D eigenvalue weighted by Crippen LogP contribution is -2.13. The van der Waals surface area contributed by atoms with Crippen LogP contribution in [-0.4, -0.2) is 28.2 Å². The van der Waals surface area contributed by atoms with E-state index in [0.717, 1.165) is 24.3 Å². The average Bonchev–Trinajstić information content (AvgIpc) is 3.35. The number of aromatic nitrogens is 1. The van der Waals surface area contributed by atoms with Crippen molar-refractivity contribution >= 4 is 22.9 Å². The van der Waals surface area contributed by atoms with Crippen molar-refractivity contribution in [1.82, 2.24) is 8.87 Å². The molecule has 2 aliphatic rings. The Labute approximate surface area is 166 Å². The van der Waals surface area contributed by atoms with Gasteiger partial charge in [0.2, 0.25) is 0 Å². The number of benzene rings is 2. The lowest BCUT2D eigenvalue weighted by Gasteiger charge is -2.16. The molecule has 27 heavy (non-hydrogen) atoms. The highest BCUT2D eigenvalue weighted by molar-refractivity contribution is 7.96. The standard InChI is InChI=1S/C24H28N2S/c1-17-3-8-24-20(11-17)9-10-25(24)14-18-4-6-19(7-5-18)21-12-22-15-26(27-2)16-23(22)13-21/h3-11,21-23H,12-16H2,1-2H3. The molecule has 1 saturated heterocycles. The summed E-state index contributed by atoms with van der Waals surface area (Å²) in [4.78, 5) is 0. The van der Waals surface area contributed by atoms with Gasteiger partial charge in [0.15, 0.2) is 0 Å². The van der Waals surface area contributed by atoms with E-state index in [1.807, 2.05) is 11.9 Å². The van der Waals surface area contributed by atoms with Gasteiger partial charge in [0.1, 0.15) is 0 Å². The summed E-state index contributed by atoms with van der Waals surface area (Å²) in [5, 5.41) is 1.34. The molecule has 3 aromatic rings. The fourth-order valence-electron chi connectivity index (χ4n) is 5.23. The van der Waals surface area contributed by atoms with Crippen LogP contribution in [0, 0.1) is 18.8 Å². The lowest BCUT2D eigenvalue weighted by molar-refractivity contribution is 0.494. The van der Waals surface area contributed by atoms with E-state index >= 15 is 0 Å². The summed E-state index contributed by atoms with van der Waals surface area (Å²) in [6, 6.07) is 18.4. The molecule has 2 atom stereocenters. The van der Waals surface area contributed by atoms with E-state index in [1.165, 1.54) is 48.0 Å². The summed E-state index contributed by atoms with van der Waals surface area (Å²) >= 11 is 1.92. The Bertz CT molecular complexity index is 929. The van der Waals surface area contributed by atoms with E-state index in [1.54, 1.807) is 5.56 Å². The smallest absolute Gasteiger partial charge is 0.0483 e. The zero-order valence-electron chi connectivity index (χ0n) is 16.3. The minimum atomic E-state index is 0.772. The monoisotopic (exact) mass is 376 g/mol. The molecule has 1 aliphatic heterocycles. The second-order valence-electron chi connectivity index (χ2n) is 8.47.